The molecule has 0 saturated carbocycles. The second-order valence-electron chi connectivity index (χ2n) is 6.78. The normalized spacial score (nSPS) is 18.2. The van der Waals surface area contributed by atoms with E-state index in [9.17, 15) is 13.2 Å². The Balaban J connectivity index is 1.75. The Labute approximate surface area is 169 Å². The van der Waals surface area contributed by atoms with Crippen LogP contribution in [-0.4, -0.2) is 31.2 Å². The van der Waals surface area contributed by atoms with E-state index in [0.717, 1.165) is 28.4 Å². The van der Waals surface area contributed by atoms with Crippen molar-refractivity contribution in [1.82, 2.24) is 9.62 Å². The van der Waals surface area contributed by atoms with Crippen molar-refractivity contribution >= 4 is 31.9 Å². The minimum absolute atomic E-state index is 0.212. The summed E-state index contributed by atoms with van der Waals surface area (Å²) in [7, 11) is -3.71. The van der Waals surface area contributed by atoms with Crippen molar-refractivity contribution in [3.8, 4) is 0 Å². The highest BCUT2D eigenvalue weighted by Gasteiger charge is 2.37. The second kappa shape index (κ2) is 8.54. The summed E-state index contributed by atoms with van der Waals surface area (Å²) in [5.41, 5.74) is 2.15. The minimum atomic E-state index is -3.71. The number of benzene rings is 2. The standard InChI is InChI=1S/C20H23BrN2O3S/c1-15-5-7-16(8-6-15)14-22-20(24)19-4-2-3-13-23(19)27(25,26)18-11-9-17(21)10-12-18/h5-12,19H,2-4,13-14H2,1H3,(H,22,24). The van der Waals surface area contributed by atoms with Gasteiger partial charge in [0.05, 0.1) is 4.90 Å². The van der Waals surface area contributed by atoms with Gasteiger partial charge in [0.15, 0.2) is 0 Å². The Morgan fingerprint density at radius 2 is 1.78 bits per heavy atom. The van der Waals surface area contributed by atoms with Gasteiger partial charge in [-0.2, -0.15) is 4.31 Å². The summed E-state index contributed by atoms with van der Waals surface area (Å²) >= 11 is 3.32. The van der Waals surface area contributed by atoms with Crippen molar-refractivity contribution < 1.29 is 13.2 Å². The molecule has 1 heterocycles. The number of piperidine rings is 1. The number of nitrogens with one attached hydrogen (secondary N) is 1. The van der Waals surface area contributed by atoms with E-state index in [1.54, 1.807) is 24.3 Å². The third-order valence-electron chi connectivity index (χ3n) is 4.76. The molecular weight excluding hydrogens is 428 g/mol. The zero-order chi connectivity index (χ0) is 19.4. The molecule has 1 saturated heterocycles. The molecule has 0 aliphatic carbocycles. The summed E-state index contributed by atoms with van der Waals surface area (Å²) in [4.78, 5) is 13.0. The molecule has 1 amide bonds. The van der Waals surface area contributed by atoms with E-state index < -0.39 is 16.1 Å². The number of halogens is 1. The summed E-state index contributed by atoms with van der Waals surface area (Å²) in [5.74, 6) is -0.240. The van der Waals surface area contributed by atoms with Crippen LogP contribution in [0.25, 0.3) is 0 Å². The molecule has 0 aromatic heterocycles. The van der Waals surface area contributed by atoms with Gasteiger partial charge >= 0.3 is 0 Å². The topological polar surface area (TPSA) is 66.5 Å². The molecule has 1 aliphatic heterocycles. The van der Waals surface area contributed by atoms with Crippen molar-refractivity contribution in [3.05, 3.63) is 64.1 Å². The molecule has 144 valence electrons. The quantitative estimate of drug-likeness (QED) is 0.756. The number of carbonyl (C=O) groups excluding carboxylic acids is 1. The zero-order valence-electron chi connectivity index (χ0n) is 15.2. The first-order chi connectivity index (χ1) is 12.9. The van der Waals surface area contributed by atoms with Gasteiger partial charge in [-0.05, 0) is 49.6 Å². The van der Waals surface area contributed by atoms with Crippen LogP contribution in [0.3, 0.4) is 0 Å². The van der Waals surface area contributed by atoms with Gasteiger partial charge in [-0.15, -0.1) is 0 Å². The molecule has 1 unspecified atom stereocenters. The van der Waals surface area contributed by atoms with Crippen molar-refractivity contribution in [2.45, 2.75) is 43.7 Å². The highest BCUT2D eigenvalue weighted by atomic mass is 79.9. The lowest BCUT2D eigenvalue weighted by Gasteiger charge is -2.33. The third-order valence-corrected chi connectivity index (χ3v) is 7.21. The van der Waals surface area contributed by atoms with Crippen LogP contribution in [-0.2, 0) is 21.4 Å². The van der Waals surface area contributed by atoms with Crippen LogP contribution in [0.1, 0.15) is 30.4 Å². The third kappa shape index (κ3) is 4.78. The number of hydrogen-bond donors (Lipinski definition) is 1. The van der Waals surface area contributed by atoms with E-state index in [-0.39, 0.29) is 10.8 Å². The summed E-state index contributed by atoms with van der Waals surface area (Å²) in [5, 5.41) is 2.90. The lowest BCUT2D eigenvalue weighted by Crippen LogP contribution is -2.51. The van der Waals surface area contributed by atoms with E-state index in [0.29, 0.717) is 19.5 Å². The average Bonchev–Trinajstić information content (AvgIpc) is 2.67. The van der Waals surface area contributed by atoms with Crippen LogP contribution >= 0.6 is 15.9 Å². The van der Waals surface area contributed by atoms with Gasteiger partial charge in [0, 0.05) is 17.6 Å². The first-order valence-corrected chi connectivity index (χ1v) is 11.2. The number of amides is 1. The Kier molecular flexibility index (Phi) is 6.34. The lowest BCUT2D eigenvalue weighted by atomic mass is 10.0. The molecule has 1 fully saturated rings. The largest absolute Gasteiger partial charge is 0.351 e. The van der Waals surface area contributed by atoms with Gasteiger partial charge in [0.1, 0.15) is 6.04 Å². The van der Waals surface area contributed by atoms with Crippen LogP contribution in [0, 0.1) is 6.92 Å². The summed E-state index contributed by atoms with van der Waals surface area (Å²) in [6.07, 6.45) is 2.14. The van der Waals surface area contributed by atoms with Gasteiger partial charge in [0.25, 0.3) is 0 Å². The number of nitrogens with zero attached hydrogens (tertiary/aromatic N) is 1. The number of rotatable bonds is 5. The number of sulfonamides is 1. The molecule has 0 radical (unpaired) electrons. The Bertz CT molecular complexity index is 896. The molecule has 2 aromatic rings. The maximum absolute atomic E-state index is 13.1. The predicted molar refractivity (Wildman–Crippen MR) is 109 cm³/mol. The van der Waals surface area contributed by atoms with E-state index >= 15 is 0 Å². The van der Waals surface area contributed by atoms with Crippen molar-refractivity contribution in [3.63, 3.8) is 0 Å². The van der Waals surface area contributed by atoms with E-state index in [1.165, 1.54) is 4.31 Å². The summed E-state index contributed by atoms with van der Waals surface area (Å²) in [6.45, 7) is 2.76. The van der Waals surface area contributed by atoms with Gasteiger partial charge in [-0.1, -0.05) is 52.2 Å². The fourth-order valence-electron chi connectivity index (χ4n) is 3.21. The Morgan fingerprint density at radius 3 is 2.44 bits per heavy atom. The summed E-state index contributed by atoms with van der Waals surface area (Å²) in [6, 6.07) is 13.8. The average molecular weight is 451 g/mol. The molecule has 2 aromatic carbocycles. The molecule has 7 heteroatoms. The highest BCUT2D eigenvalue weighted by molar-refractivity contribution is 9.10. The van der Waals surface area contributed by atoms with Crippen molar-refractivity contribution in [2.75, 3.05) is 6.54 Å². The Hall–Kier alpha value is -1.70. The van der Waals surface area contributed by atoms with E-state index in [1.807, 2.05) is 31.2 Å². The maximum Gasteiger partial charge on any atom is 0.243 e. The Morgan fingerprint density at radius 1 is 1.11 bits per heavy atom. The van der Waals surface area contributed by atoms with Gasteiger partial charge in [-0.3, -0.25) is 4.79 Å². The van der Waals surface area contributed by atoms with Gasteiger partial charge in [-0.25, -0.2) is 8.42 Å². The molecule has 0 bridgehead atoms. The van der Waals surface area contributed by atoms with E-state index in [4.69, 9.17) is 0 Å². The lowest BCUT2D eigenvalue weighted by molar-refractivity contribution is -0.125. The molecule has 1 atom stereocenters. The highest BCUT2D eigenvalue weighted by Crippen LogP contribution is 2.26. The van der Waals surface area contributed by atoms with E-state index in [2.05, 4.69) is 21.2 Å². The monoisotopic (exact) mass is 450 g/mol. The fourth-order valence-corrected chi connectivity index (χ4v) is 5.13. The van der Waals surface area contributed by atoms with Gasteiger partial charge < -0.3 is 5.32 Å². The number of carbonyl (C=O) groups is 1. The molecular formula is C20H23BrN2O3S. The zero-order valence-corrected chi connectivity index (χ0v) is 17.6. The van der Waals surface area contributed by atoms with Crippen molar-refractivity contribution in [2.24, 2.45) is 0 Å². The molecule has 27 heavy (non-hydrogen) atoms. The predicted octanol–water partition coefficient (Wildman–Crippen LogP) is 3.62. The fraction of sp³-hybridized carbons (Fsp3) is 0.350. The van der Waals surface area contributed by atoms with Crippen LogP contribution < -0.4 is 5.32 Å². The van der Waals surface area contributed by atoms with Crippen LogP contribution in [0.15, 0.2) is 57.9 Å². The van der Waals surface area contributed by atoms with Crippen LogP contribution in [0.5, 0.6) is 0 Å². The SMILES string of the molecule is Cc1ccc(CNC(=O)C2CCCCN2S(=O)(=O)c2ccc(Br)cc2)cc1. The molecule has 0 spiro atoms. The smallest absolute Gasteiger partial charge is 0.243 e. The van der Waals surface area contributed by atoms with Crippen molar-refractivity contribution in [1.29, 1.82) is 0 Å². The van der Waals surface area contributed by atoms with Gasteiger partial charge in [0.2, 0.25) is 15.9 Å². The minimum Gasteiger partial charge on any atom is -0.351 e. The second-order valence-corrected chi connectivity index (χ2v) is 9.59. The number of hydrogen-bond acceptors (Lipinski definition) is 3. The number of aryl methyl sites for hydroxylation is 1. The molecule has 1 N–H and O–H groups in total. The summed E-state index contributed by atoms with van der Waals surface area (Å²) < 4.78 is 28.3. The van der Waals surface area contributed by atoms with Crippen LogP contribution in [0.4, 0.5) is 0 Å². The maximum atomic E-state index is 13.1. The molecule has 3 rings (SSSR count). The van der Waals surface area contributed by atoms with Crippen LogP contribution in [0.2, 0.25) is 0 Å². The first-order valence-electron chi connectivity index (χ1n) is 8.98. The molecule has 5 nitrogen and oxygen atoms in total. The first kappa shape index (κ1) is 20.0. The molecule has 1 aliphatic rings.